The summed E-state index contributed by atoms with van der Waals surface area (Å²) in [6, 6.07) is 12.3. The van der Waals surface area contributed by atoms with Gasteiger partial charge in [0.1, 0.15) is 0 Å². The van der Waals surface area contributed by atoms with E-state index in [0.717, 1.165) is 62.6 Å². The van der Waals surface area contributed by atoms with Crippen molar-refractivity contribution in [3.63, 3.8) is 0 Å². The molecule has 0 radical (unpaired) electrons. The van der Waals surface area contributed by atoms with Gasteiger partial charge in [0.2, 0.25) is 0 Å². The lowest BCUT2D eigenvalue weighted by molar-refractivity contribution is 0.254. The van der Waals surface area contributed by atoms with Gasteiger partial charge in [-0.1, -0.05) is 29.3 Å². The van der Waals surface area contributed by atoms with Crippen LogP contribution in [0.3, 0.4) is 0 Å². The van der Waals surface area contributed by atoms with Crippen molar-refractivity contribution in [1.29, 1.82) is 0 Å². The molecule has 1 aromatic heterocycles. The number of piperazine rings is 1. The first-order valence-electron chi connectivity index (χ1n) is 9.69. The van der Waals surface area contributed by atoms with Crippen LogP contribution in [0.5, 0.6) is 0 Å². The minimum atomic E-state index is 0.628. The SMILES string of the molecule is Clc1cccc(N2CCN(CCCCNc3ccc4scnc4c3)CC2)c1Cl. The van der Waals surface area contributed by atoms with Crippen LogP contribution in [-0.2, 0) is 0 Å². The zero-order valence-corrected chi connectivity index (χ0v) is 18.0. The van der Waals surface area contributed by atoms with Crippen molar-refractivity contribution < 1.29 is 0 Å². The van der Waals surface area contributed by atoms with Gasteiger partial charge in [0.05, 0.1) is 31.5 Å². The van der Waals surface area contributed by atoms with E-state index in [4.69, 9.17) is 23.2 Å². The van der Waals surface area contributed by atoms with Crippen LogP contribution in [0, 0.1) is 0 Å². The van der Waals surface area contributed by atoms with Crippen LogP contribution in [0.25, 0.3) is 10.2 Å². The highest BCUT2D eigenvalue weighted by atomic mass is 35.5. The molecule has 3 aromatic rings. The number of nitrogens with one attached hydrogen (secondary N) is 1. The smallest absolute Gasteiger partial charge is 0.0832 e. The number of thiazole rings is 1. The normalized spacial score (nSPS) is 15.3. The molecule has 0 amide bonds. The van der Waals surface area contributed by atoms with Crippen LogP contribution in [0.15, 0.2) is 41.9 Å². The second-order valence-corrected chi connectivity index (χ2v) is 8.74. The van der Waals surface area contributed by atoms with Gasteiger partial charge in [-0.3, -0.25) is 4.90 Å². The molecule has 1 fully saturated rings. The number of rotatable bonds is 7. The molecule has 0 aliphatic carbocycles. The summed E-state index contributed by atoms with van der Waals surface area (Å²) in [5.41, 5.74) is 5.18. The third-order valence-electron chi connectivity index (χ3n) is 5.20. The Labute approximate surface area is 180 Å². The number of fused-ring (bicyclic) bond motifs is 1. The third kappa shape index (κ3) is 4.71. The van der Waals surface area contributed by atoms with Crippen LogP contribution in [0.4, 0.5) is 11.4 Å². The van der Waals surface area contributed by atoms with Crippen molar-refractivity contribution in [3.05, 3.63) is 52.0 Å². The van der Waals surface area contributed by atoms with Crippen LogP contribution in [0.2, 0.25) is 10.0 Å². The molecule has 7 heteroatoms. The van der Waals surface area contributed by atoms with Crippen LogP contribution < -0.4 is 10.2 Å². The summed E-state index contributed by atoms with van der Waals surface area (Å²) in [7, 11) is 0. The van der Waals surface area contributed by atoms with E-state index in [1.165, 1.54) is 11.1 Å². The van der Waals surface area contributed by atoms with Crippen LogP contribution in [-0.4, -0.2) is 49.2 Å². The molecule has 4 nitrogen and oxygen atoms in total. The standard InChI is InChI=1S/C21H24Cl2N4S/c22-17-4-3-5-19(21(17)23)27-12-10-26(11-13-27)9-2-1-8-24-16-6-7-20-18(14-16)25-15-28-20/h3-7,14-15,24H,1-2,8-13H2. The zero-order valence-electron chi connectivity index (χ0n) is 15.7. The summed E-state index contributed by atoms with van der Waals surface area (Å²) in [6.45, 7) is 6.25. The highest BCUT2D eigenvalue weighted by Crippen LogP contribution is 2.32. The monoisotopic (exact) mass is 434 g/mol. The largest absolute Gasteiger partial charge is 0.385 e. The Hall–Kier alpha value is -1.53. The molecule has 0 atom stereocenters. The van der Waals surface area contributed by atoms with Gasteiger partial charge in [0, 0.05) is 38.4 Å². The summed E-state index contributed by atoms with van der Waals surface area (Å²) in [6.07, 6.45) is 2.36. The van der Waals surface area contributed by atoms with Gasteiger partial charge in [0.25, 0.3) is 0 Å². The number of hydrogen-bond donors (Lipinski definition) is 1. The fourth-order valence-electron chi connectivity index (χ4n) is 3.61. The number of aromatic nitrogens is 1. The number of hydrogen-bond acceptors (Lipinski definition) is 5. The van der Waals surface area contributed by atoms with E-state index in [-0.39, 0.29) is 0 Å². The molecule has 1 saturated heterocycles. The molecular weight excluding hydrogens is 411 g/mol. The minimum absolute atomic E-state index is 0.628. The van der Waals surface area contributed by atoms with E-state index < -0.39 is 0 Å². The maximum Gasteiger partial charge on any atom is 0.0832 e. The molecule has 0 bridgehead atoms. The molecule has 0 spiro atoms. The fraction of sp³-hybridized carbons (Fsp3) is 0.381. The maximum atomic E-state index is 6.36. The summed E-state index contributed by atoms with van der Waals surface area (Å²) in [4.78, 5) is 9.25. The molecule has 2 heterocycles. The van der Waals surface area contributed by atoms with E-state index in [9.17, 15) is 0 Å². The lowest BCUT2D eigenvalue weighted by Crippen LogP contribution is -2.46. The van der Waals surface area contributed by atoms with Gasteiger partial charge >= 0.3 is 0 Å². The lowest BCUT2D eigenvalue weighted by atomic mass is 10.2. The van der Waals surface area contributed by atoms with E-state index >= 15 is 0 Å². The maximum absolute atomic E-state index is 6.36. The first-order valence-corrected chi connectivity index (χ1v) is 11.3. The number of benzene rings is 2. The van der Waals surface area contributed by atoms with Crippen molar-refractivity contribution in [3.8, 4) is 0 Å². The summed E-state index contributed by atoms with van der Waals surface area (Å²) < 4.78 is 1.24. The predicted octanol–water partition coefficient (Wildman–Crippen LogP) is 5.62. The number of nitrogens with zero attached hydrogens (tertiary/aromatic N) is 3. The molecule has 1 aliphatic rings. The predicted molar refractivity (Wildman–Crippen MR) is 122 cm³/mol. The van der Waals surface area contributed by atoms with Crippen LogP contribution >= 0.6 is 34.5 Å². The van der Waals surface area contributed by atoms with E-state index in [1.807, 2.05) is 17.6 Å². The van der Waals surface area contributed by atoms with Crippen molar-refractivity contribution in [1.82, 2.24) is 9.88 Å². The Morgan fingerprint density at radius 3 is 2.75 bits per heavy atom. The zero-order chi connectivity index (χ0) is 19.3. The Kier molecular flexibility index (Phi) is 6.58. The third-order valence-corrected chi connectivity index (χ3v) is 6.82. The van der Waals surface area contributed by atoms with Gasteiger partial charge in [-0.2, -0.15) is 0 Å². The van der Waals surface area contributed by atoms with Gasteiger partial charge in [0.15, 0.2) is 0 Å². The van der Waals surface area contributed by atoms with Crippen molar-refractivity contribution >= 4 is 56.1 Å². The Balaban J connectivity index is 1.16. The summed E-state index contributed by atoms with van der Waals surface area (Å²) in [5, 5.41) is 4.81. The number of halogens is 2. The van der Waals surface area contributed by atoms with Crippen molar-refractivity contribution in [2.75, 3.05) is 49.5 Å². The quantitative estimate of drug-likeness (QED) is 0.489. The first-order chi connectivity index (χ1) is 13.7. The lowest BCUT2D eigenvalue weighted by Gasteiger charge is -2.36. The second kappa shape index (κ2) is 9.31. The molecule has 0 saturated carbocycles. The molecule has 148 valence electrons. The topological polar surface area (TPSA) is 31.4 Å². The molecule has 2 aromatic carbocycles. The molecule has 0 unspecified atom stereocenters. The van der Waals surface area contributed by atoms with Gasteiger partial charge in [-0.25, -0.2) is 4.98 Å². The Morgan fingerprint density at radius 2 is 1.89 bits per heavy atom. The molecule has 1 aliphatic heterocycles. The Morgan fingerprint density at radius 1 is 1.04 bits per heavy atom. The fourth-order valence-corrected chi connectivity index (χ4v) is 4.68. The summed E-state index contributed by atoms with van der Waals surface area (Å²) >= 11 is 14.2. The molecular formula is C21H24Cl2N4S. The molecule has 28 heavy (non-hydrogen) atoms. The molecule has 4 rings (SSSR count). The van der Waals surface area contributed by atoms with Gasteiger partial charge in [-0.05, 0) is 49.7 Å². The van der Waals surface area contributed by atoms with Crippen molar-refractivity contribution in [2.45, 2.75) is 12.8 Å². The van der Waals surface area contributed by atoms with Crippen molar-refractivity contribution in [2.24, 2.45) is 0 Å². The van der Waals surface area contributed by atoms with E-state index in [0.29, 0.717) is 10.0 Å². The number of anilines is 2. The molecule has 1 N–H and O–H groups in total. The second-order valence-electron chi connectivity index (χ2n) is 7.07. The average Bonchev–Trinajstić information content (AvgIpc) is 3.18. The van der Waals surface area contributed by atoms with E-state index in [1.54, 1.807) is 11.3 Å². The average molecular weight is 435 g/mol. The highest BCUT2D eigenvalue weighted by Gasteiger charge is 2.19. The first kappa shape index (κ1) is 19.8. The summed E-state index contributed by atoms with van der Waals surface area (Å²) in [5.74, 6) is 0. The van der Waals surface area contributed by atoms with Crippen LogP contribution in [0.1, 0.15) is 12.8 Å². The van der Waals surface area contributed by atoms with Gasteiger partial charge < -0.3 is 10.2 Å². The Bertz CT molecular complexity index is 922. The highest BCUT2D eigenvalue weighted by molar-refractivity contribution is 7.16. The number of unbranched alkanes of at least 4 members (excludes halogenated alkanes) is 1. The van der Waals surface area contributed by atoms with Gasteiger partial charge in [-0.15, -0.1) is 11.3 Å². The van der Waals surface area contributed by atoms with E-state index in [2.05, 4.69) is 44.4 Å². The minimum Gasteiger partial charge on any atom is -0.385 e.